The third kappa shape index (κ3) is 5.24. The normalized spacial score (nSPS) is 10.9. The number of benzene rings is 1. The Morgan fingerprint density at radius 1 is 1.15 bits per heavy atom. The van der Waals surface area contributed by atoms with Gasteiger partial charge in [0, 0.05) is 29.3 Å². The number of aromatic nitrogens is 3. The molecule has 34 heavy (non-hydrogen) atoms. The summed E-state index contributed by atoms with van der Waals surface area (Å²) in [7, 11) is 3.24. The number of hydrogen-bond donors (Lipinski definition) is 1. The number of ether oxygens (including phenoxy) is 1. The molecule has 1 amide bonds. The van der Waals surface area contributed by atoms with Crippen LogP contribution in [0.4, 0.5) is 5.00 Å². The summed E-state index contributed by atoms with van der Waals surface area (Å²) < 4.78 is 6.93. The van der Waals surface area contributed by atoms with E-state index in [9.17, 15) is 9.59 Å². The van der Waals surface area contributed by atoms with Crippen LogP contribution in [-0.4, -0.2) is 39.5 Å². The molecule has 0 aliphatic heterocycles. The van der Waals surface area contributed by atoms with Gasteiger partial charge in [0.1, 0.15) is 16.4 Å². The lowest BCUT2D eigenvalue weighted by Gasteiger charge is -2.10. The van der Waals surface area contributed by atoms with Gasteiger partial charge in [0.2, 0.25) is 5.91 Å². The number of thiophene rings is 2. The largest absolute Gasteiger partial charge is 0.465 e. The molecule has 0 atom stereocenters. The summed E-state index contributed by atoms with van der Waals surface area (Å²) in [6.07, 6.45) is 0.701. The molecule has 1 N–H and O–H groups in total. The van der Waals surface area contributed by atoms with E-state index in [1.54, 1.807) is 11.3 Å². The number of hydrogen-bond acceptors (Lipinski definition) is 8. The Kier molecular flexibility index (Phi) is 7.50. The number of amides is 1. The van der Waals surface area contributed by atoms with E-state index >= 15 is 0 Å². The van der Waals surface area contributed by atoms with Gasteiger partial charge in [-0.3, -0.25) is 4.79 Å². The quantitative estimate of drug-likeness (QED) is 0.254. The van der Waals surface area contributed by atoms with Crippen molar-refractivity contribution < 1.29 is 14.3 Å². The molecule has 4 aromatic rings. The molecule has 7 nitrogen and oxygen atoms in total. The second-order valence-corrected chi connectivity index (χ2v) is 10.6. The maximum Gasteiger partial charge on any atom is 0.341 e. The lowest BCUT2D eigenvalue weighted by molar-refractivity contribution is -0.113. The van der Waals surface area contributed by atoms with E-state index in [0.717, 1.165) is 28.1 Å². The van der Waals surface area contributed by atoms with Gasteiger partial charge in [-0.25, -0.2) is 4.79 Å². The van der Waals surface area contributed by atoms with E-state index in [0.29, 0.717) is 22.1 Å². The van der Waals surface area contributed by atoms with Crippen LogP contribution >= 0.6 is 34.4 Å². The Balaban J connectivity index is 1.48. The van der Waals surface area contributed by atoms with E-state index in [1.165, 1.54) is 35.1 Å². The minimum atomic E-state index is -0.480. The summed E-state index contributed by atoms with van der Waals surface area (Å²) in [6.45, 7) is 4.00. The molecule has 10 heteroatoms. The highest BCUT2D eigenvalue weighted by atomic mass is 32.2. The van der Waals surface area contributed by atoms with E-state index in [2.05, 4.69) is 21.6 Å². The molecule has 0 aliphatic carbocycles. The summed E-state index contributed by atoms with van der Waals surface area (Å²) >= 11 is 4.29. The van der Waals surface area contributed by atoms with Crippen molar-refractivity contribution >= 4 is 51.3 Å². The van der Waals surface area contributed by atoms with Crippen molar-refractivity contribution in [3.8, 4) is 11.1 Å². The second kappa shape index (κ2) is 10.5. The summed E-state index contributed by atoms with van der Waals surface area (Å²) in [5.41, 5.74) is 4.21. The van der Waals surface area contributed by atoms with Gasteiger partial charge in [-0.2, -0.15) is 0 Å². The first-order valence-corrected chi connectivity index (χ1v) is 13.2. The van der Waals surface area contributed by atoms with Crippen molar-refractivity contribution in [2.45, 2.75) is 25.4 Å². The first-order chi connectivity index (χ1) is 16.4. The molecular weight excluding hydrogens is 488 g/mol. The number of anilines is 1. The van der Waals surface area contributed by atoms with Crippen molar-refractivity contribution in [3.05, 3.63) is 68.5 Å². The van der Waals surface area contributed by atoms with Crippen LogP contribution < -0.4 is 5.32 Å². The molecule has 0 saturated heterocycles. The number of nitrogens with one attached hydrogen (secondary N) is 1. The third-order valence-corrected chi connectivity index (χ3v) is 8.08. The van der Waals surface area contributed by atoms with E-state index in [-0.39, 0.29) is 11.7 Å². The molecule has 4 rings (SSSR count). The highest BCUT2D eigenvalue weighted by molar-refractivity contribution is 7.99. The number of carbonyl (C=O) groups is 2. The van der Waals surface area contributed by atoms with Crippen LogP contribution in [0.5, 0.6) is 0 Å². The first kappa shape index (κ1) is 24.2. The predicted molar refractivity (Wildman–Crippen MR) is 138 cm³/mol. The highest BCUT2D eigenvalue weighted by Crippen LogP contribution is 2.38. The number of rotatable bonds is 8. The zero-order valence-electron chi connectivity index (χ0n) is 19.2. The number of methoxy groups -OCH3 is 1. The fourth-order valence-corrected chi connectivity index (χ4v) is 5.86. The van der Waals surface area contributed by atoms with E-state index < -0.39 is 5.97 Å². The zero-order chi connectivity index (χ0) is 24.2. The lowest BCUT2D eigenvalue weighted by Crippen LogP contribution is -2.16. The number of thioether (sulfide) groups is 1. The Morgan fingerprint density at radius 2 is 1.97 bits per heavy atom. The number of nitrogens with zero attached hydrogens (tertiary/aromatic N) is 3. The van der Waals surface area contributed by atoms with Gasteiger partial charge >= 0.3 is 5.97 Å². The van der Waals surface area contributed by atoms with Crippen molar-refractivity contribution in [1.29, 1.82) is 0 Å². The molecule has 0 unspecified atom stereocenters. The summed E-state index contributed by atoms with van der Waals surface area (Å²) in [4.78, 5) is 26.6. The third-order valence-electron chi connectivity index (χ3n) is 5.29. The molecule has 0 fully saturated rings. The van der Waals surface area contributed by atoms with Crippen LogP contribution in [0.3, 0.4) is 0 Å². The Labute approximate surface area is 210 Å². The molecule has 3 aromatic heterocycles. The van der Waals surface area contributed by atoms with Gasteiger partial charge in [0.25, 0.3) is 0 Å². The predicted octanol–water partition coefficient (Wildman–Crippen LogP) is 5.33. The fraction of sp³-hybridized carbons (Fsp3) is 0.250. The molecule has 176 valence electrons. The molecule has 0 aliphatic rings. The van der Waals surface area contributed by atoms with Crippen molar-refractivity contribution in [2.75, 3.05) is 18.2 Å². The SMILES string of the molecule is COC(=O)c1c(-c2cc(C)ccc2C)csc1NC(=O)CSc1nnc(Cc2cccs2)n1C. The standard InChI is InChI=1S/C24H24N4O3S3/c1-14-7-8-15(2)17(10-14)18-12-33-22(21(18)23(30)31-4)25-20(29)13-34-24-27-26-19(28(24)3)11-16-6-5-9-32-16/h5-10,12H,11,13H2,1-4H3,(H,25,29). The molecule has 1 aromatic carbocycles. The van der Waals surface area contributed by atoms with Gasteiger partial charge in [-0.15, -0.1) is 32.9 Å². The molecule has 0 radical (unpaired) electrons. The number of aryl methyl sites for hydroxylation is 2. The average Bonchev–Trinajstić information content (AvgIpc) is 3.56. The van der Waals surface area contributed by atoms with E-state index in [1.807, 2.05) is 60.5 Å². The summed E-state index contributed by atoms with van der Waals surface area (Å²) in [5.74, 6) is 0.274. The summed E-state index contributed by atoms with van der Waals surface area (Å²) in [6, 6.07) is 10.2. The Bertz CT molecular complexity index is 1330. The van der Waals surface area contributed by atoms with Crippen LogP contribution in [0.15, 0.2) is 46.2 Å². The minimum absolute atomic E-state index is 0.141. The molecular formula is C24H24N4O3S3. The highest BCUT2D eigenvalue weighted by Gasteiger charge is 2.23. The zero-order valence-corrected chi connectivity index (χ0v) is 21.7. The maximum absolute atomic E-state index is 12.8. The number of carbonyl (C=O) groups excluding carboxylic acids is 2. The monoisotopic (exact) mass is 512 g/mol. The fourth-order valence-electron chi connectivity index (χ4n) is 3.47. The molecule has 0 bridgehead atoms. The summed E-state index contributed by atoms with van der Waals surface area (Å²) in [5, 5.41) is 16.4. The second-order valence-electron chi connectivity index (χ2n) is 7.71. The Hall–Kier alpha value is -2.95. The number of esters is 1. The minimum Gasteiger partial charge on any atom is -0.465 e. The lowest BCUT2D eigenvalue weighted by atomic mass is 9.97. The van der Waals surface area contributed by atoms with Crippen molar-refractivity contribution in [2.24, 2.45) is 7.05 Å². The smallest absolute Gasteiger partial charge is 0.341 e. The molecule has 0 spiro atoms. The van der Waals surface area contributed by atoms with Crippen LogP contribution in [-0.2, 0) is 23.0 Å². The first-order valence-electron chi connectivity index (χ1n) is 10.5. The Morgan fingerprint density at radius 3 is 2.71 bits per heavy atom. The van der Waals surface area contributed by atoms with Gasteiger partial charge < -0.3 is 14.6 Å². The topological polar surface area (TPSA) is 86.1 Å². The van der Waals surface area contributed by atoms with Crippen LogP contribution in [0.1, 0.15) is 32.2 Å². The average molecular weight is 513 g/mol. The van der Waals surface area contributed by atoms with Crippen LogP contribution in [0.25, 0.3) is 11.1 Å². The van der Waals surface area contributed by atoms with Gasteiger partial charge in [0.05, 0.1) is 12.9 Å². The van der Waals surface area contributed by atoms with Crippen molar-refractivity contribution in [1.82, 2.24) is 14.8 Å². The van der Waals surface area contributed by atoms with Gasteiger partial charge in [0.15, 0.2) is 5.16 Å². The van der Waals surface area contributed by atoms with Gasteiger partial charge in [-0.1, -0.05) is 41.6 Å². The van der Waals surface area contributed by atoms with Crippen LogP contribution in [0, 0.1) is 13.8 Å². The van der Waals surface area contributed by atoms with Crippen molar-refractivity contribution in [3.63, 3.8) is 0 Å². The van der Waals surface area contributed by atoms with Crippen LogP contribution in [0.2, 0.25) is 0 Å². The molecule has 0 saturated carbocycles. The van der Waals surface area contributed by atoms with E-state index in [4.69, 9.17) is 4.74 Å². The van der Waals surface area contributed by atoms with Gasteiger partial charge in [-0.05, 0) is 36.4 Å². The maximum atomic E-state index is 12.8. The molecule has 3 heterocycles.